The average Bonchev–Trinajstić information content (AvgIpc) is 2.92. The van der Waals surface area contributed by atoms with Crippen molar-refractivity contribution in [3.63, 3.8) is 0 Å². The molecule has 0 saturated heterocycles. The van der Waals surface area contributed by atoms with Gasteiger partial charge in [0, 0.05) is 0 Å². The molecule has 0 fully saturated rings. The number of hydrazone groups is 1. The smallest absolute Gasteiger partial charge is 0.264 e. The Hall–Kier alpha value is -4.31. The predicted octanol–water partition coefficient (Wildman–Crippen LogP) is 4.39. The molecule has 0 saturated carbocycles. The summed E-state index contributed by atoms with van der Waals surface area (Å²) < 4.78 is 44.5. The summed E-state index contributed by atoms with van der Waals surface area (Å²) in [4.78, 5) is 12.9. The van der Waals surface area contributed by atoms with E-state index in [0.717, 1.165) is 4.31 Å². The molecule has 38 heavy (non-hydrogen) atoms. The molecule has 0 unspecified atom stereocenters. The SMILES string of the molecule is C=CCOc1ccc(/C=N/NC(=O)CN(c2ccc(OCC)cc2)S(=O)(=O)c2ccccc2)cc1OCC. The summed E-state index contributed by atoms with van der Waals surface area (Å²) in [5, 5.41) is 4.00. The fourth-order valence-corrected chi connectivity index (χ4v) is 4.84. The number of sulfonamides is 1. The molecule has 0 radical (unpaired) electrons. The summed E-state index contributed by atoms with van der Waals surface area (Å²) in [6.45, 7) is 8.12. The molecule has 0 aliphatic rings. The summed E-state index contributed by atoms with van der Waals surface area (Å²) in [6.07, 6.45) is 3.07. The van der Waals surface area contributed by atoms with E-state index in [1.807, 2.05) is 13.8 Å². The number of ether oxygens (including phenoxy) is 3. The van der Waals surface area contributed by atoms with Gasteiger partial charge in [-0.05, 0) is 74.0 Å². The number of nitrogens with zero attached hydrogens (tertiary/aromatic N) is 2. The van der Waals surface area contributed by atoms with E-state index in [1.165, 1.54) is 18.3 Å². The van der Waals surface area contributed by atoms with E-state index in [0.29, 0.717) is 48.3 Å². The fourth-order valence-electron chi connectivity index (χ4n) is 3.40. The molecule has 0 aromatic heterocycles. The molecule has 10 heteroatoms. The van der Waals surface area contributed by atoms with Crippen LogP contribution in [0.2, 0.25) is 0 Å². The lowest BCUT2D eigenvalue weighted by Crippen LogP contribution is -2.39. The third-order valence-electron chi connectivity index (χ3n) is 5.08. The molecule has 3 rings (SSSR count). The number of rotatable bonds is 14. The van der Waals surface area contributed by atoms with Crippen molar-refractivity contribution >= 4 is 27.8 Å². The third kappa shape index (κ3) is 7.59. The minimum Gasteiger partial charge on any atom is -0.494 e. The Labute approximate surface area is 223 Å². The van der Waals surface area contributed by atoms with Crippen LogP contribution in [0.5, 0.6) is 17.2 Å². The van der Waals surface area contributed by atoms with Crippen LogP contribution in [0.1, 0.15) is 19.4 Å². The Morgan fingerprint density at radius 3 is 2.32 bits per heavy atom. The van der Waals surface area contributed by atoms with Crippen molar-refractivity contribution in [1.29, 1.82) is 0 Å². The number of nitrogens with one attached hydrogen (secondary N) is 1. The average molecular weight is 538 g/mol. The van der Waals surface area contributed by atoms with Crippen LogP contribution in [0.4, 0.5) is 5.69 Å². The van der Waals surface area contributed by atoms with E-state index < -0.39 is 22.5 Å². The maximum atomic E-state index is 13.4. The molecule has 3 aromatic carbocycles. The van der Waals surface area contributed by atoms with Crippen LogP contribution in [-0.4, -0.2) is 46.9 Å². The quantitative estimate of drug-likeness (QED) is 0.186. The van der Waals surface area contributed by atoms with Gasteiger partial charge in [-0.3, -0.25) is 9.10 Å². The first-order chi connectivity index (χ1) is 18.4. The fraction of sp³-hybridized carbons (Fsp3) is 0.214. The molecule has 1 amide bonds. The van der Waals surface area contributed by atoms with Gasteiger partial charge in [-0.25, -0.2) is 13.8 Å². The van der Waals surface area contributed by atoms with Gasteiger partial charge in [0.2, 0.25) is 0 Å². The van der Waals surface area contributed by atoms with Crippen molar-refractivity contribution in [2.75, 3.05) is 30.7 Å². The second kappa shape index (κ2) is 13.8. The predicted molar refractivity (Wildman–Crippen MR) is 148 cm³/mol. The summed E-state index contributed by atoms with van der Waals surface area (Å²) in [6, 6.07) is 19.6. The van der Waals surface area contributed by atoms with Gasteiger partial charge in [0.05, 0.1) is 30.0 Å². The van der Waals surface area contributed by atoms with Crippen molar-refractivity contribution in [1.82, 2.24) is 5.43 Å². The summed E-state index contributed by atoms with van der Waals surface area (Å²) in [5.41, 5.74) is 3.37. The Morgan fingerprint density at radius 1 is 0.947 bits per heavy atom. The Kier molecular flexibility index (Phi) is 10.3. The third-order valence-corrected chi connectivity index (χ3v) is 6.87. The van der Waals surface area contributed by atoms with E-state index in [2.05, 4.69) is 17.1 Å². The van der Waals surface area contributed by atoms with Crippen molar-refractivity contribution in [3.8, 4) is 17.2 Å². The van der Waals surface area contributed by atoms with Crippen LogP contribution in [0.15, 0.2) is 95.4 Å². The van der Waals surface area contributed by atoms with Crippen molar-refractivity contribution in [2.45, 2.75) is 18.7 Å². The van der Waals surface area contributed by atoms with Crippen molar-refractivity contribution in [3.05, 3.63) is 91.0 Å². The van der Waals surface area contributed by atoms with Gasteiger partial charge < -0.3 is 14.2 Å². The maximum Gasteiger partial charge on any atom is 0.264 e. The van der Waals surface area contributed by atoms with Gasteiger partial charge in [-0.15, -0.1) is 0 Å². The Balaban J connectivity index is 1.78. The summed E-state index contributed by atoms with van der Waals surface area (Å²) in [7, 11) is -4.03. The first-order valence-corrected chi connectivity index (χ1v) is 13.5. The van der Waals surface area contributed by atoms with E-state index in [-0.39, 0.29) is 4.90 Å². The van der Waals surface area contributed by atoms with Gasteiger partial charge in [0.15, 0.2) is 11.5 Å². The molecule has 9 nitrogen and oxygen atoms in total. The van der Waals surface area contributed by atoms with Gasteiger partial charge in [-0.1, -0.05) is 30.9 Å². The van der Waals surface area contributed by atoms with Crippen LogP contribution >= 0.6 is 0 Å². The molecule has 0 atom stereocenters. The van der Waals surface area contributed by atoms with E-state index in [4.69, 9.17) is 14.2 Å². The van der Waals surface area contributed by atoms with Gasteiger partial charge in [0.25, 0.3) is 15.9 Å². The number of benzene rings is 3. The van der Waals surface area contributed by atoms with E-state index in [1.54, 1.807) is 66.7 Å². The molecule has 0 bridgehead atoms. The molecule has 1 N–H and O–H groups in total. The lowest BCUT2D eigenvalue weighted by atomic mass is 10.2. The Bertz CT molecular complexity index is 1340. The van der Waals surface area contributed by atoms with E-state index in [9.17, 15) is 13.2 Å². The maximum absolute atomic E-state index is 13.4. The zero-order valence-corrected chi connectivity index (χ0v) is 22.2. The minimum atomic E-state index is -4.03. The van der Waals surface area contributed by atoms with Gasteiger partial charge >= 0.3 is 0 Å². The molecular weight excluding hydrogens is 506 g/mol. The van der Waals surface area contributed by atoms with Crippen LogP contribution in [0.25, 0.3) is 0 Å². The first-order valence-electron chi connectivity index (χ1n) is 12.0. The molecule has 200 valence electrons. The lowest BCUT2D eigenvalue weighted by molar-refractivity contribution is -0.119. The molecular formula is C28H31N3O6S. The zero-order valence-electron chi connectivity index (χ0n) is 21.4. The van der Waals surface area contributed by atoms with Crippen molar-refractivity contribution in [2.24, 2.45) is 5.10 Å². The number of anilines is 1. The highest BCUT2D eigenvalue weighted by Gasteiger charge is 2.27. The highest BCUT2D eigenvalue weighted by molar-refractivity contribution is 7.92. The van der Waals surface area contributed by atoms with Gasteiger partial charge in [-0.2, -0.15) is 5.10 Å². The number of carbonyl (C=O) groups excluding carboxylic acids is 1. The topological polar surface area (TPSA) is 107 Å². The van der Waals surface area contributed by atoms with Gasteiger partial charge in [0.1, 0.15) is 18.9 Å². The lowest BCUT2D eigenvalue weighted by Gasteiger charge is -2.24. The van der Waals surface area contributed by atoms with Crippen LogP contribution < -0.4 is 23.9 Å². The minimum absolute atomic E-state index is 0.0624. The molecule has 0 aliphatic carbocycles. The second-order valence-electron chi connectivity index (χ2n) is 7.78. The molecule has 0 aliphatic heterocycles. The summed E-state index contributed by atoms with van der Waals surface area (Å²) >= 11 is 0. The highest BCUT2D eigenvalue weighted by atomic mass is 32.2. The molecule has 0 spiro atoms. The Morgan fingerprint density at radius 2 is 1.66 bits per heavy atom. The number of hydrogen-bond acceptors (Lipinski definition) is 7. The van der Waals surface area contributed by atoms with E-state index >= 15 is 0 Å². The van der Waals surface area contributed by atoms with Crippen LogP contribution in [0, 0.1) is 0 Å². The number of amides is 1. The van der Waals surface area contributed by atoms with Crippen LogP contribution in [0.3, 0.4) is 0 Å². The molecule has 0 heterocycles. The second-order valence-corrected chi connectivity index (χ2v) is 9.65. The van der Waals surface area contributed by atoms with Crippen molar-refractivity contribution < 1.29 is 27.4 Å². The zero-order chi connectivity index (χ0) is 27.4. The van der Waals surface area contributed by atoms with Crippen LogP contribution in [-0.2, 0) is 14.8 Å². The largest absolute Gasteiger partial charge is 0.494 e. The number of hydrogen-bond donors (Lipinski definition) is 1. The standard InChI is InChI=1S/C28H31N3O6S/c1-4-18-37-26-17-12-22(19-27(26)36-6-3)20-29-30-28(32)21-31(23-13-15-24(16-14-23)35-5-2)38(33,34)25-10-8-7-9-11-25/h4,7-17,19-20H,1,5-6,18,21H2,2-3H3,(H,30,32)/b29-20+. The molecule has 3 aromatic rings. The highest BCUT2D eigenvalue weighted by Crippen LogP contribution is 2.28. The first kappa shape index (κ1) is 28.3. The monoisotopic (exact) mass is 537 g/mol. The normalized spacial score (nSPS) is 11.1. The summed E-state index contributed by atoms with van der Waals surface area (Å²) in [5.74, 6) is 1.06. The number of carbonyl (C=O) groups is 1.